The van der Waals surface area contributed by atoms with Crippen molar-refractivity contribution in [2.45, 2.75) is 18.9 Å². The number of fused-ring (bicyclic) bond motifs is 1. The first-order chi connectivity index (χ1) is 14.3. The molecule has 0 aromatic carbocycles. The summed E-state index contributed by atoms with van der Waals surface area (Å²) in [6.07, 6.45) is 10.4. The molecule has 0 bridgehead atoms. The lowest BCUT2D eigenvalue weighted by molar-refractivity contribution is 0.286. The number of pyridine rings is 3. The van der Waals surface area contributed by atoms with Crippen molar-refractivity contribution in [3.63, 3.8) is 0 Å². The van der Waals surface area contributed by atoms with Crippen LogP contribution in [0.15, 0.2) is 61.3 Å². The van der Waals surface area contributed by atoms with E-state index in [1.165, 1.54) is 0 Å². The Balaban J connectivity index is 1.30. The monoisotopic (exact) mass is 386 g/mol. The summed E-state index contributed by atoms with van der Waals surface area (Å²) < 4.78 is 7.87. The van der Waals surface area contributed by atoms with Crippen LogP contribution in [0.25, 0.3) is 10.9 Å². The molecule has 7 nitrogen and oxygen atoms in total. The summed E-state index contributed by atoms with van der Waals surface area (Å²) in [5, 5.41) is 8.66. The third kappa shape index (κ3) is 3.89. The SMILES string of the molecule is Cn1cc(CNc2cc(OC[C@H]3C[C@@H]3c3ccccn3)nc3ccncc23)cn1. The van der Waals surface area contributed by atoms with Gasteiger partial charge in [0.25, 0.3) is 0 Å². The molecule has 0 saturated heterocycles. The normalized spacial score (nSPS) is 18.0. The molecule has 1 saturated carbocycles. The molecular formula is C22H22N6O. The molecule has 1 fully saturated rings. The van der Waals surface area contributed by atoms with Crippen LogP contribution in [-0.2, 0) is 13.6 Å². The van der Waals surface area contributed by atoms with E-state index >= 15 is 0 Å². The molecule has 7 heteroatoms. The van der Waals surface area contributed by atoms with Gasteiger partial charge in [0.2, 0.25) is 5.88 Å². The molecule has 5 rings (SSSR count). The Bertz CT molecular complexity index is 1130. The van der Waals surface area contributed by atoms with E-state index in [-0.39, 0.29) is 0 Å². The Hall–Kier alpha value is -3.48. The third-order valence-electron chi connectivity index (χ3n) is 5.26. The molecule has 0 aliphatic heterocycles. The lowest BCUT2D eigenvalue weighted by Crippen LogP contribution is -2.05. The summed E-state index contributed by atoms with van der Waals surface area (Å²) in [5.41, 5.74) is 4.08. The van der Waals surface area contributed by atoms with Crippen molar-refractivity contribution in [1.29, 1.82) is 0 Å². The predicted molar refractivity (Wildman–Crippen MR) is 111 cm³/mol. The Morgan fingerprint density at radius 1 is 1.21 bits per heavy atom. The zero-order chi connectivity index (χ0) is 19.6. The van der Waals surface area contributed by atoms with Gasteiger partial charge in [-0.1, -0.05) is 6.07 Å². The average Bonchev–Trinajstić information content (AvgIpc) is 3.43. The zero-order valence-corrected chi connectivity index (χ0v) is 16.2. The maximum Gasteiger partial charge on any atom is 0.215 e. The minimum Gasteiger partial charge on any atom is -0.477 e. The molecule has 146 valence electrons. The van der Waals surface area contributed by atoms with Gasteiger partial charge in [0, 0.05) is 72.9 Å². The Morgan fingerprint density at radius 3 is 3.00 bits per heavy atom. The fraction of sp³-hybridized carbons (Fsp3) is 0.273. The first-order valence-electron chi connectivity index (χ1n) is 9.76. The summed E-state index contributed by atoms with van der Waals surface area (Å²) in [4.78, 5) is 13.4. The maximum absolute atomic E-state index is 6.07. The molecule has 4 heterocycles. The molecule has 29 heavy (non-hydrogen) atoms. The lowest BCUT2D eigenvalue weighted by atomic mass is 10.2. The van der Waals surface area contributed by atoms with Gasteiger partial charge in [0.1, 0.15) is 0 Å². The van der Waals surface area contributed by atoms with E-state index in [1.54, 1.807) is 10.9 Å². The molecule has 1 aliphatic rings. The highest BCUT2D eigenvalue weighted by molar-refractivity contribution is 5.91. The van der Waals surface area contributed by atoms with E-state index in [0.29, 0.717) is 30.9 Å². The zero-order valence-electron chi connectivity index (χ0n) is 16.2. The standard InChI is InChI=1S/C22H22N6O/c1-28-13-15(11-26-28)10-25-21-9-22(27-20-5-7-23-12-18(20)21)29-14-16-8-17(16)19-4-2-3-6-24-19/h2-7,9,11-13,16-17H,8,10,14H2,1H3,(H,25,27)/t16-,17+/m1/s1. The number of nitrogens with one attached hydrogen (secondary N) is 1. The summed E-state index contributed by atoms with van der Waals surface area (Å²) in [6, 6.07) is 9.94. The van der Waals surface area contributed by atoms with Crippen molar-refractivity contribution < 1.29 is 4.74 Å². The van der Waals surface area contributed by atoms with Crippen LogP contribution < -0.4 is 10.1 Å². The molecule has 0 amide bonds. The lowest BCUT2D eigenvalue weighted by Gasteiger charge is -2.12. The molecule has 4 aromatic heterocycles. The molecular weight excluding hydrogens is 364 g/mol. The predicted octanol–water partition coefficient (Wildman–Crippen LogP) is 3.55. The molecule has 1 N–H and O–H groups in total. The van der Waals surface area contributed by atoms with Gasteiger partial charge in [-0.3, -0.25) is 14.6 Å². The van der Waals surface area contributed by atoms with Crippen LogP contribution in [0.5, 0.6) is 5.88 Å². The molecule has 2 atom stereocenters. The highest BCUT2D eigenvalue weighted by Crippen LogP contribution is 2.46. The Labute approximate surface area is 168 Å². The first kappa shape index (κ1) is 17.6. The van der Waals surface area contributed by atoms with Gasteiger partial charge in [-0.05, 0) is 24.6 Å². The second-order valence-corrected chi connectivity index (χ2v) is 7.44. The van der Waals surface area contributed by atoms with E-state index in [1.807, 2.05) is 56.1 Å². The Kier molecular flexibility index (Phi) is 4.56. The number of aryl methyl sites for hydroxylation is 1. The van der Waals surface area contributed by atoms with E-state index in [0.717, 1.165) is 34.3 Å². The van der Waals surface area contributed by atoms with Gasteiger partial charge in [-0.25, -0.2) is 4.98 Å². The van der Waals surface area contributed by atoms with Gasteiger partial charge < -0.3 is 10.1 Å². The third-order valence-corrected chi connectivity index (χ3v) is 5.26. The van der Waals surface area contributed by atoms with Crippen LogP contribution in [0, 0.1) is 5.92 Å². The molecule has 4 aromatic rings. The van der Waals surface area contributed by atoms with E-state index in [2.05, 4.69) is 31.4 Å². The quantitative estimate of drug-likeness (QED) is 0.523. The number of rotatable bonds is 7. The van der Waals surface area contributed by atoms with Crippen LogP contribution in [0.3, 0.4) is 0 Å². The summed E-state index contributed by atoms with van der Waals surface area (Å²) >= 11 is 0. The van der Waals surface area contributed by atoms with Crippen LogP contribution in [-0.4, -0.2) is 31.3 Å². The molecule has 0 unspecified atom stereocenters. The Morgan fingerprint density at radius 2 is 2.17 bits per heavy atom. The second kappa shape index (κ2) is 7.50. The van der Waals surface area contributed by atoms with Crippen LogP contribution in [0.4, 0.5) is 5.69 Å². The van der Waals surface area contributed by atoms with Crippen molar-refractivity contribution in [1.82, 2.24) is 24.7 Å². The van der Waals surface area contributed by atoms with Crippen molar-refractivity contribution in [2.75, 3.05) is 11.9 Å². The first-order valence-corrected chi connectivity index (χ1v) is 9.76. The number of nitrogens with zero attached hydrogens (tertiary/aromatic N) is 5. The number of hydrogen-bond acceptors (Lipinski definition) is 6. The maximum atomic E-state index is 6.07. The number of ether oxygens (including phenoxy) is 1. The molecule has 0 spiro atoms. The van der Waals surface area contributed by atoms with Gasteiger partial charge in [0.05, 0.1) is 24.0 Å². The number of anilines is 1. The number of aromatic nitrogens is 5. The minimum absolute atomic E-state index is 0.490. The number of hydrogen-bond donors (Lipinski definition) is 1. The van der Waals surface area contributed by atoms with Crippen molar-refractivity contribution in [3.8, 4) is 5.88 Å². The largest absolute Gasteiger partial charge is 0.477 e. The second-order valence-electron chi connectivity index (χ2n) is 7.44. The van der Waals surface area contributed by atoms with Crippen LogP contribution in [0.1, 0.15) is 23.6 Å². The van der Waals surface area contributed by atoms with E-state index < -0.39 is 0 Å². The highest BCUT2D eigenvalue weighted by atomic mass is 16.5. The highest BCUT2D eigenvalue weighted by Gasteiger charge is 2.39. The van der Waals surface area contributed by atoms with E-state index in [4.69, 9.17) is 4.74 Å². The van der Waals surface area contributed by atoms with Crippen molar-refractivity contribution in [2.24, 2.45) is 13.0 Å². The van der Waals surface area contributed by atoms with Gasteiger partial charge in [-0.2, -0.15) is 5.10 Å². The van der Waals surface area contributed by atoms with Gasteiger partial charge >= 0.3 is 0 Å². The average molecular weight is 386 g/mol. The minimum atomic E-state index is 0.490. The van der Waals surface area contributed by atoms with Gasteiger partial charge in [0.15, 0.2) is 0 Å². The summed E-state index contributed by atoms with van der Waals surface area (Å²) in [7, 11) is 1.91. The van der Waals surface area contributed by atoms with Crippen molar-refractivity contribution in [3.05, 3.63) is 72.6 Å². The summed E-state index contributed by atoms with van der Waals surface area (Å²) in [5.74, 6) is 1.61. The van der Waals surface area contributed by atoms with Crippen LogP contribution >= 0.6 is 0 Å². The summed E-state index contributed by atoms with van der Waals surface area (Å²) in [6.45, 7) is 1.32. The smallest absolute Gasteiger partial charge is 0.215 e. The van der Waals surface area contributed by atoms with Crippen molar-refractivity contribution >= 4 is 16.6 Å². The molecule has 0 radical (unpaired) electrons. The van der Waals surface area contributed by atoms with Gasteiger partial charge in [-0.15, -0.1) is 0 Å². The fourth-order valence-corrected chi connectivity index (χ4v) is 3.61. The fourth-order valence-electron chi connectivity index (χ4n) is 3.61. The van der Waals surface area contributed by atoms with E-state index in [9.17, 15) is 0 Å². The van der Waals surface area contributed by atoms with Crippen LogP contribution in [0.2, 0.25) is 0 Å². The molecule has 1 aliphatic carbocycles. The topological polar surface area (TPSA) is 77.8 Å².